The third-order valence-corrected chi connectivity index (χ3v) is 4.60. The Balaban J connectivity index is 1.81. The van der Waals surface area contributed by atoms with E-state index in [0.717, 1.165) is 42.0 Å². The lowest BCUT2D eigenvalue weighted by atomic mass is 10.0. The molecule has 1 amide bonds. The highest BCUT2D eigenvalue weighted by Crippen LogP contribution is 2.35. The van der Waals surface area contributed by atoms with Crippen molar-refractivity contribution >= 4 is 5.91 Å². The van der Waals surface area contributed by atoms with Crippen LogP contribution in [0.1, 0.15) is 47.0 Å². The van der Waals surface area contributed by atoms with Crippen LogP contribution in [0.3, 0.4) is 0 Å². The molecule has 0 N–H and O–H groups in total. The first-order chi connectivity index (χ1) is 10.6. The van der Waals surface area contributed by atoms with Gasteiger partial charge in [-0.2, -0.15) is 0 Å². The average molecular weight is 298 g/mol. The van der Waals surface area contributed by atoms with Gasteiger partial charge >= 0.3 is 0 Å². The minimum absolute atomic E-state index is 0.114. The van der Waals surface area contributed by atoms with E-state index in [0.29, 0.717) is 6.42 Å². The van der Waals surface area contributed by atoms with E-state index in [1.54, 1.807) is 0 Å². The third kappa shape index (κ3) is 2.65. The van der Waals surface area contributed by atoms with Crippen LogP contribution in [0, 0.1) is 20.8 Å². The Morgan fingerprint density at radius 2 is 2.09 bits per heavy atom. The molecular formula is C18H22N2O2. The predicted octanol–water partition coefficient (Wildman–Crippen LogP) is 3.51. The molecule has 2 heterocycles. The van der Waals surface area contributed by atoms with Crippen LogP contribution in [-0.4, -0.2) is 22.5 Å². The van der Waals surface area contributed by atoms with Crippen molar-refractivity contribution in [2.24, 2.45) is 0 Å². The van der Waals surface area contributed by atoms with E-state index in [1.165, 1.54) is 5.56 Å². The zero-order chi connectivity index (χ0) is 15.7. The number of rotatable bonds is 3. The molecule has 1 fully saturated rings. The quantitative estimate of drug-likeness (QED) is 0.871. The number of aryl methyl sites for hydroxylation is 3. The van der Waals surface area contributed by atoms with E-state index >= 15 is 0 Å². The van der Waals surface area contributed by atoms with Crippen LogP contribution in [-0.2, 0) is 11.2 Å². The minimum Gasteiger partial charge on any atom is -0.361 e. The SMILES string of the molecule is Cc1ccccc1CC(=O)N1CCC[C@H]1c1c(C)noc1C. The van der Waals surface area contributed by atoms with E-state index < -0.39 is 0 Å². The van der Waals surface area contributed by atoms with Crippen molar-refractivity contribution in [3.05, 3.63) is 52.4 Å². The Morgan fingerprint density at radius 3 is 2.77 bits per heavy atom. The van der Waals surface area contributed by atoms with E-state index in [1.807, 2.05) is 36.9 Å². The van der Waals surface area contributed by atoms with Gasteiger partial charge in [-0.25, -0.2) is 0 Å². The predicted molar refractivity (Wildman–Crippen MR) is 84.5 cm³/mol. The van der Waals surface area contributed by atoms with Crippen molar-refractivity contribution in [3.8, 4) is 0 Å². The fourth-order valence-corrected chi connectivity index (χ4v) is 3.40. The van der Waals surface area contributed by atoms with Gasteiger partial charge in [-0.3, -0.25) is 4.79 Å². The lowest BCUT2D eigenvalue weighted by molar-refractivity contribution is -0.131. The lowest BCUT2D eigenvalue weighted by Crippen LogP contribution is -2.32. The molecule has 116 valence electrons. The highest BCUT2D eigenvalue weighted by Gasteiger charge is 2.33. The molecule has 1 aromatic heterocycles. The van der Waals surface area contributed by atoms with E-state index in [4.69, 9.17) is 4.52 Å². The molecule has 1 saturated heterocycles. The Labute approximate surface area is 131 Å². The maximum atomic E-state index is 12.8. The molecule has 1 aromatic carbocycles. The fraction of sp³-hybridized carbons (Fsp3) is 0.444. The summed E-state index contributed by atoms with van der Waals surface area (Å²) in [6.07, 6.45) is 2.49. The second kappa shape index (κ2) is 5.95. The van der Waals surface area contributed by atoms with E-state index in [-0.39, 0.29) is 11.9 Å². The maximum absolute atomic E-state index is 12.8. The first-order valence-electron chi connectivity index (χ1n) is 7.84. The fourth-order valence-electron chi connectivity index (χ4n) is 3.40. The maximum Gasteiger partial charge on any atom is 0.227 e. The van der Waals surface area contributed by atoms with Crippen LogP contribution >= 0.6 is 0 Å². The third-order valence-electron chi connectivity index (χ3n) is 4.60. The molecule has 1 aliphatic rings. The molecule has 22 heavy (non-hydrogen) atoms. The number of hydrogen-bond acceptors (Lipinski definition) is 3. The van der Waals surface area contributed by atoms with Crippen molar-refractivity contribution in [3.63, 3.8) is 0 Å². The van der Waals surface area contributed by atoms with Gasteiger partial charge in [-0.05, 0) is 44.7 Å². The summed E-state index contributed by atoms with van der Waals surface area (Å²) in [5.74, 6) is 1.02. The molecule has 1 atom stereocenters. The number of carbonyl (C=O) groups is 1. The number of amides is 1. The number of carbonyl (C=O) groups excluding carboxylic acids is 1. The first kappa shape index (κ1) is 14.8. The van der Waals surface area contributed by atoms with Gasteiger partial charge in [0.25, 0.3) is 0 Å². The standard InChI is InChI=1S/C18H22N2O2/c1-12-7-4-5-8-15(12)11-17(21)20-10-6-9-16(20)18-13(2)19-22-14(18)3/h4-5,7-8,16H,6,9-11H2,1-3H3/t16-/m0/s1. The molecule has 1 aliphatic heterocycles. The summed E-state index contributed by atoms with van der Waals surface area (Å²) in [4.78, 5) is 14.8. The molecular weight excluding hydrogens is 276 g/mol. The average Bonchev–Trinajstić information content (AvgIpc) is 3.08. The number of benzene rings is 1. The van der Waals surface area contributed by atoms with Gasteiger partial charge in [0.15, 0.2) is 0 Å². The van der Waals surface area contributed by atoms with Crippen molar-refractivity contribution in [2.45, 2.75) is 46.1 Å². The minimum atomic E-state index is 0.114. The highest BCUT2D eigenvalue weighted by molar-refractivity contribution is 5.80. The van der Waals surface area contributed by atoms with Crippen molar-refractivity contribution in [1.82, 2.24) is 10.1 Å². The topological polar surface area (TPSA) is 46.3 Å². The smallest absolute Gasteiger partial charge is 0.227 e. The van der Waals surface area contributed by atoms with Crippen LogP contribution < -0.4 is 0 Å². The second-order valence-electron chi connectivity index (χ2n) is 6.09. The summed E-state index contributed by atoms with van der Waals surface area (Å²) in [7, 11) is 0. The normalized spacial score (nSPS) is 18.0. The second-order valence-corrected chi connectivity index (χ2v) is 6.09. The lowest BCUT2D eigenvalue weighted by Gasteiger charge is -2.25. The summed E-state index contributed by atoms with van der Waals surface area (Å²) in [6.45, 7) is 6.75. The summed E-state index contributed by atoms with van der Waals surface area (Å²) in [6, 6.07) is 8.20. The Morgan fingerprint density at radius 1 is 1.32 bits per heavy atom. The van der Waals surface area contributed by atoms with Crippen molar-refractivity contribution < 1.29 is 9.32 Å². The molecule has 0 bridgehead atoms. The molecule has 0 spiro atoms. The summed E-state index contributed by atoms with van der Waals surface area (Å²) >= 11 is 0. The van der Waals surface area contributed by atoms with Gasteiger partial charge in [0.05, 0.1) is 18.2 Å². The molecule has 2 aromatic rings. The molecule has 4 heteroatoms. The van der Waals surface area contributed by atoms with Gasteiger partial charge in [-0.15, -0.1) is 0 Å². The van der Waals surface area contributed by atoms with Gasteiger partial charge < -0.3 is 9.42 Å². The molecule has 3 rings (SSSR count). The van der Waals surface area contributed by atoms with Crippen molar-refractivity contribution in [1.29, 1.82) is 0 Å². The number of aromatic nitrogens is 1. The Kier molecular flexibility index (Phi) is 4.01. The summed E-state index contributed by atoms with van der Waals surface area (Å²) in [5.41, 5.74) is 4.27. The zero-order valence-electron chi connectivity index (χ0n) is 13.4. The molecule has 0 saturated carbocycles. The van der Waals surface area contributed by atoms with Gasteiger partial charge in [-0.1, -0.05) is 29.4 Å². The van der Waals surface area contributed by atoms with Gasteiger partial charge in [0.2, 0.25) is 5.91 Å². The van der Waals surface area contributed by atoms with Crippen LogP contribution in [0.25, 0.3) is 0 Å². The molecule has 4 nitrogen and oxygen atoms in total. The molecule has 0 radical (unpaired) electrons. The van der Waals surface area contributed by atoms with Crippen LogP contribution in [0.5, 0.6) is 0 Å². The van der Waals surface area contributed by atoms with E-state index in [9.17, 15) is 4.79 Å². The number of hydrogen-bond donors (Lipinski definition) is 0. The monoisotopic (exact) mass is 298 g/mol. The summed E-state index contributed by atoms with van der Waals surface area (Å²) in [5, 5.41) is 4.04. The van der Waals surface area contributed by atoms with Crippen LogP contribution in [0.4, 0.5) is 0 Å². The highest BCUT2D eigenvalue weighted by atomic mass is 16.5. The van der Waals surface area contributed by atoms with Gasteiger partial charge in [0.1, 0.15) is 5.76 Å². The van der Waals surface area contributed by atoms with Crippen LogP contribution in [0.2, 0.25) is 0 Å². The molecule has 0 unspecified atom stereocenters. The number of nitrogens with zero attached hydrogens (tertiary/aromatic N) is 2. The van der Waals surface area contributed by atoms with E-state index in [2.05, 4.69) is 18.1 Å². The molecule has 0 aliphatic carbocycles. The Hall–Kier alpha value is -2.10. The number of likely N-dealkylation sites (tertiary alicyclic amines) is 1. The van der Waals surface area contributed by atoms with Crippen LogP contribution in [0.15, 0.2) is 28.8 Å². The zero-order valence-corrected chi connectivity index (χ0v) is 13.4. The Bertz CT molecular complexity index is 671. The van der Waals surface area contributed by atoms with Crippen molar-refractivity contribution in [2.75, 3.05) is 6.54 Å². The summed E-state index contributed by atoms with van der Waals surface area (Å²) < 4.78 is 5.29. The largest absolute Gasteiger partial charge is 0.361 e. The van der Waals surface area contributed by atoms with Gasteiger partial charge in [0, 0.05) is 12.1 Å². The first-order valence-corrected chi connectivity index (χ1v) is 7.84.